The van der Waals surface area contributed by atoms with Crippen LogP contribution < -0.4 is 5.56 Å². The lowest BCUT2D eigenvalue weighted by Gasteiger charge is -2.22. The van der Waals surface area contributed by atoms with Gasteiger partial charge in [-0.25, -0.2) is 4.68 Å². The number of carbonyl (C=O) groups is 1. The van der Waals surface area contributed by atoms with Crippen LogP contribution in [-0.4, -0.2) is 58.7 Å². The van der Waals surface area contributed by atoms with Gasteiger partial charge in [-0.05, 0) is 32.5 Å². The second-order valence-electron chi connectivity index (χ2n) is 6.00. The molecule has 0 unspecified atom stereocenters. The number of hydrogen-bond acceptors (Lipinski definition) is 4. The van der Waals surface area contributed by atoms with Crippen LogP contribution in [0.5, 0.6) is 0 Å². The second kappa shape index (κ2) is 6.39. The summed E-state index contributed by atoms with van der Waals surface area (Å²) in [6, 6.07) is 3.33. The molecule has 0 aromatic carbocycles. The molecule has 0 radical (unpaired) electrons. The maximum absolute atomic E-state index is 12.6. The third-order valence-corrected chi connectivity index (χ3v) is 4.04. The molecule has 2 atom stereocenters. The Morgan fingerprint density at radius 2 is 2.10 bits per heavy atom. The molecule has 0 saturated carbocycles. The van der Waals surface area contributed by atoms with Gasteiger partial charge in [0.25, 0.3) is 11.5 Å². The Labute approximate surface area is 125 Å². The number of likely N-dealkylation sites (N-methyl/N-ethyl adjacent to an activating group) is 1. The molecule has 6 nitrogen and oxygen atoms in total. The molecule has 2 heterocycles. The zero-order valence-corrected chi connectivity index (χ0v) is 13.2. The van der Waals surface area contributed by atoms with Crippen LogP contribution in [0, 0.1) is 5.92 Å². The highest BCUT2D eigenvalue weighted by molar-refractivity contribution is 5.92. The van der Waals surface area contributed by atoms with Crippen molar-refractivity contribution < 1.29 is 4.79 Å². The first-order valence-electron chi connectivity index (χ1n) is 7.48. The highest BCUT2D eigenvalue weighted by Gasteiger charge is 2.34. The molecule has 0 bridgehead atoms. The molecule has 0 spiro atoms. The number of aromatic nitrogens is 2. The van der Waals surface area contributed by atoms with E-state index in [-0.39, 0.29) is 11.5 Å². The first kappa shape index (κ1) is 15.7. The summed E-state index contributed by atoms with van der Waals surface area (Å²) in [5, 5.41) is 4.20. The molecule has 1 amide bonds. The van der Waals surface area contributed by atoms with E-state index in [4.69, 9.17) is 0 Å². The van der Waals surface area contributed by atoms with Crippen molar-refractivity contribution >= 4 is 5.91 Å². The summed E-state index contributed by atoms with van der Waals surface area (Å²) in [6.45, 7) is 6.12. The Hall–Kier alpha value is -1.69. The minimum atomic E-state index is -0.158. The number of amides is 1. The summed E-state index contributed by atoms with van der Waals surface area (Å²) < 4.78 is 1.37. The maximum Gasteiger partial charge on any atom is 0.274 e. The van der Waals surface area contributed by atoms with Crippen molar-refractivity contribution in [2.45, 2.75) is 32.9 Å². The largest absolute Gasteiger partial charge is 0.335 e. The van der Waals surface area contributed by atoms with Gasteiger partial charge in [0.05, 0.1) is 0 Å². The Kier molecular flexibility index (Phi) is 4.77. The van der Waals surface area contributed by atoms with E-state index in [0.717, 1.165) is 13.0 Å². The minimum absolute atomic E-state index is 0.0870. The van der Waals surface area contributed by atoms with Gasteiger partial charge in [0.1, 0.15) is 5.69 Å². The lowest BCUT2D eigenvalue weighted by Crippen LogP contribution is -2.36. The van der Waals surface area contributed by atoms with Gasteiger partial charge in [-0.2, -0.15) is 5.10 Å². The van der Waals surface area contributed by atoms with Crippen LogP contribution in [-0.2, 0) is 6.54 Å². The molecule has 1 fully saturated rings. The third kappa shape index (κ3) is 3.32. The van der Waals surface area contributed by atoms with Crippen molar-refractivity contribution in [1.82, 2.24) is 19.6 Å². The standard InChI is InChI=1S/C15H24N4O2/c1-5-8-19-14(20)7-6-12(16-19)15(21)18-9-11(2)13(10-18)17(3)4/h6-7,11,13H,5,8-10H2,1-4H3/t11-,13-/m0/s1. The van der Waals surface area contributed by atoms with E-state index in [1.165, 1.54) is 16.8 Å². The topological polar surface area (TPSA) is 58.4 Å². The van der Waals surface area contributed by atoms with Gasteiger partial charge >= 0.3 is 0 Å². The van der Waals surface area contributed by atoms with E-state index >= 15 is 0 Å². The van der Waals surface area contributed by atoms with E-state index in [2.05, 4.69) is 16.9 Å². The first-order valence-corrected chi connectivity index (χ1v) is 7.48. The van der Waals surface area contributed by atoms with Crippen molar-refractivity contribution in [2.24, 2.45) is 5.92 Å². The molecule has 21 heavy (non-hydrogen) atoms. The van der Waals surface area contributed by atoms with E-state index in [1.54, 1.807) is 0 Å². The average Bonchev–Trinajstić information content (AvgIpc) is 2.83. The van der Waals surface area contributed by atoms with E-state index in [9.17, 15) is 9.59 Å². The zero-order valence-electron chi connectivity index (χ0n) is 13.2. The van der Waals surface area contributed by atoms with Gasteiger partial charge in [0.15, 0.2) is 0 Å². The average molecular weight is 292 g/mol. The lowest BCUT2D eigenvalue weighted by atomic mass is 10.1. The van der Waals surface area contributed by atoms with Gasteiger partial charge in [0, 0.05) is 31.7 Å². The summed E-state index contributed by atoms with van der Waals surface area (Å²) in [5.41, 5.74) is 0.198. The van der Waals surface area contributed by atoms with E-state index in [1.807, 2.05) is 25.9 Å². The Bertz CT molecular complexity index is 567. The van der Waals surface area contributed by atoms with Crippen molar-refractivity contribution in [1.29, 1.82) is 0 Å². The molecule has 1 aromatic heterocycles. The van der Waals surface area contributed by atoms with Crippen molar-refractivity contribution in [2.75, 3.05) is 27.2 Å². The van der Waals surface area contributed by atoms with E-state index in [0.29, 0.717) is 30.7 Å². The lowest BCUT2D eigenvalue weighted by molar-refractivity contribution is 0.0772. The smallest absolute Gasteiger partial charge is 0.274 e. The molecule has 0 aliphatic carbocycles. The first-order chi connectivity index (χ1) is 9.93. The summed E-state index contributed by atoms with van der Waals surface area (Å²) in [5.74, 6) is 0.349. The van der Waals surface area contributed by atoms with E-state index < -0.39 is 0 Å². The minimum Gasteiger partial charge on any atom is -0.335 e. The fraction of sp³-hybridized carbons (Fsp3) is 0.667. The number of likely N-dealkylation sites (tertiary alicyclic amines) is 1. The monoisotopic (exact) mass is 292 g/mol. The Morgan fingerprint density at radius 1 is 1.38 bits per heavy atom. The highest BCUT2D eigenvalue weighted by atomic mass is 16.2. The van der Waals surface area contributed by atoms with Crippen molar-refractivity contribution in [3.05, 3.63) is 28.2 Å². The predicted octanol–water partition coefficient (Wildman–Crippen LogP) is 0.675. The van der Waals surface area contributed by atoms with Gasteiger partial charge in [-0.15, -0.1) is 0 Å². The molecule has 116 valence electrons. The third-order valence-electron chi connectivity index (χ3n) is 4.04. The molecular weight excluding hydrogens is 268 g/mol. The molecule has 0 N–H and O–H groups in total. The quantitative estimate of drug-likeness (QED) is 0.818. The number of hydrogen-bond donors (Lipinski definition) is 0. The fourth-order valence-electron chi connectivity index (χ4n) is 2.88. The molecule has 1 aromatic rings. The fourth-order valence-corrected chi connectivity index (χ4v) is 2.88. The summed E-state index contributed by atoms with van der Waals surface area (Å²) >= 11 is 0. The van der Waals surface area contributed by atoms with Crippen LogP contribution in [0.4, 0.5) is 0 Å². The molecule has 1 aliphatic heterocycles. The normalized spacial score (nSPS) is 22.0. The van der Waals surface area contributed by atoms with Gasteiger partial charge in [-0.3, -0.25) is 9.59 Å². The molecule has 1 saturated heterocycles. The van der Waals surface area contributed by atoms with Crippen LogP contribution in [0.3, 0.4) is 0 Å². The number of carbonyl (C=O) groups excluding carboxylic acids is 1. The van der Waals surface area contributed by atoms with Gasteiger partial charge in [0.2, 0.25) is 0 Å². The van der Waals surface area contributed by atoms with Crippen LogP contribution in [0.15, 0.2) is 16.9 Å². The Morgan fingerprint density at radius 3 is 2.67 bits per heavy atom. The van der Waals surface area contributed by atoms with Crippen LogP contribution >= 0.6 is 0 Å². The SMILES string of the molecule is CCCn1nc(C(=O)N2C[C@H](C)[C@@H](N(C)C)C2)ccc1=O. The van der Waals surface area contributed by atoms with Crippen LogP contribution in [0.2, 0.25) is 0 Å². The van der Waals surface area contributed by atoms with Crippen molar-refractivity contribution in [3.8, 4) is 0 Å². The van der Waals surface area contributed by atoms with Crippen molar-refractivity contribution in [3.63, 3.8) is 0 Å². The molecule has 6 heteroatoms. The Balaban J connectivity index is 2.17. The molecular formula is C15H24N4O2. The molecule has 2 rings (SSSR count). The summed E-state index contributed by atoms with van der Waals surface area (Å²) in [7, 11) is 4.07. The van der Waals surface area contributed by atoms with Gasteiger partial charge in [-0.1, -0.05) is 13.8 Å². The zero-order chi connectivity index (χ0) is 15.6. The number of aryl methyl sites for hydroxylation is 1. The van der Waals surface area contributed by atoms with Crippen LogP contribution in [0.25, 0.3) is 0 Å². The van der Waals surface area contributed by atoms with Crippen LogP contribution in [0.1, 0.15) is 30.8 Å². The second-order valence-corrected chi connectivity index (χ2v) is 6.00. The number of nitrogens with zero attached hydrogens (tertiary/aromatic N) is 4. The summed E-state index contributed by atoms with van der Waals surface area (Å²) in [6.07, 6.45) is 0.813. The number of rotatable bonds is 4. The maximum atomic E-state index is 12.6. The highest BCUT2D eigenvalue weighted by Crippen LogP contribution is 2.21. The van der Waals surface area contributed by atoms with Gasteiger partial charge < -0.3 is 9.80 Å². The molecule has 1 aliphatic rings. The summed E-state index contributed by atoms with van der Waals surface area (Å²) in [4.78, 5) is 28.2. The predicted molar refractivity (Wildman–Crippen MR) is 81.3 cm³/mol.